The van der Waals surface area contributed by atoms with Crippen LogP contribution in [0.3, 0.4) is 0 Å². The number of H-pyrrole nitrogens is 1. The average molecular weight is 336 g/mol. The molecular weight excluding hydrogens is 315 g/mol. The summed E-state index contributed by atoms with van der Waals surface area (Å²) < 4.78 is 13.0. The van der Waals surface area contributed by atoms with Crippen LogP contribution in [0.1, 0.15) is 37.7 Å². The van der Waals surface area contributed by atoms with E-state index in [0.29, 0.717) is 5.16 Å². The number of rotatable bonds is 7. The summed E-state index contributed by atoms with van der Waals surface area (Å²) in [4.78, 5) is 18.3. The zero-order valence-corrected chi connectivity index (χ0v) is 14.4. The number of aromatic nitrogens is 3. The first-order valence-corrected chi connectivity index (χ1v) is 8.55. The topological polar surface area (TPSA) is 61.9 Å². The number of benzene rings is 1. The molecule has 1 aromatic heterocycles. The van der Waals surface area contributed by atoms with Gasteiger partial charge in [0.25, 0.3) is 0 Å². The van der Waals surface area contributed by atoms with E-state index in [0.717, 1.165) is 24.2 Å². The standard InChI is InChI=1S/C16H21FN4OS/c1-4-5-14-18-16(20-19-14)23-10-15(22)21(3)11(2)12-6-8-13(17)9-7-12/h6-9,11H,4-5,10H2,1-3H3,(H,18,19,20). The van der Waals surface area contributed by atoms with Gasteiger partial charge < -0.3 is 4.90 Å². The number of carbonyl (C=O) groups excluding carboxylic acids is 1. The van der Waals surface area contributed by atoms with Crippen LogP contribution in [0.2, 0.25) is 0 Å². The SMILES string of the molecule is CCCc1nc(SCC(=O)N(C)C(C)c2ccc(F)cc2)n[nH]1. The summed E-state index contributed by atoms with van der Waals surface area (Å²) in [5.74, 6) is 0.813. The Morgan fingerprint density at radius 2 is 2.09 bits per heavy atom. The largest absolute Gasteiger partial charge is 0.338 e. The Bertz CT molecular complexity index is 644. The summed E-state index contributed by atoms with van der Waals surface area (Å²) in [5, 5.41) is 7.55. The fraction of sp³-hybridized carbons (Fsp3) is 0.438. The molecule has 1 atom stereocenters. The number of nitrogens with zero attached hydrogens (tertiary/aromatic N) is 3. The Balaban J connectivity index is 1.89. The van der Waals surface area contributed by atoms with Crippen LogP contribution in [-0.4, -0.2) is 38.8 Å². The van der Waals surface area contributed by atoms with Crippen LogP contribution in [0.15, 0.2) is 29.4 Å². The van der Waals surface area contributed by atoms with Crippen LogP contribution in [0.25, 0.3) is 0 Å². The van der Waals surface area contributed by atoms with Crippen molar-refractivity contribution in [2.45, 2.75) is 37.9 Å². The van der Waals surface area contributed by atoms with Crippen LogP contribution < -0.4 is 0 Å². The fourth-order valence-corrected chi connectivity index (χ4v) is 2.84. The molecule has 124 valence electrons. The Morgan fingerprint density at radius 1 is 1.39 bits per heavy atom. The van der Waals surface area contributed by atoms with Crippen molar-refractivity contribution >= 4 is 17.7 Å². The number of halogens is 1. The van der Waals surface area contributed by atoms with Gasteiger partial charge in [-0.3, -0.25) is 9.89 Å². The molecule has 5 nitrogen and oxygen atoms in total. The van der Waals surface area contributed by atoms with Gasteiger partial charge in [-0.05, 0) is 31.0 Å². The van der Waals surface area contributed by atoms with Gasteiger partial charge in [-0.25, -0.2) is 9.37 Å². The van der Waals surface area contributed by atoms with Gasteiger partial charge in [0.1, 0.15) is 11.6 Å². The maximum atomic E-state index is 13.0. The molecule has 1 aromatic carbocycles. The lowest BCUT2D eigenvalue weighted by Gasteiger charge is -2.25. The van der Waals surface area contributed by atoms with Crippen molar-refractivity contribution in [3.8, 4) is 0 Å². The number of thioether (sulfide) groups is 1. The normalized spacial score (nSPS) is 12.2. The van der Waals surface area contributed by atoms with E-state index in [1.54, 1.807) is 24.1 Å². The van der Waals surface area contributed by atoms with Crippen LogP contribution in [0.5, 0.6) is 0 Å². The molecule has 2 rings (SSSR count). The highest BCUT2D eigenvalue weighted by Gasteiger charge is 2.18. The molecule has 0 aliphatic heterocycles. The highest BCUT2D eigenvalue weighted by Crippen LogP contribution is 2.21. The van der Waals surface area contributed by atoms with Gasteiger partial charge in [-0.15, -0.1) is 5.10 Å². The first-order valence-electron chi connectivity index (χ1n) is 7.56. The van der Waals surface area contributed by atoms with E-state index in [2.05, 4.69) is 22.1 Å². The lowest BCUT2D eigenvalue weighted by molar-refractivity contribution is -0.128. The van der Waals surface area contributed by atoms with Crippen molar-refractivity contribution in [3.05, 3.63) is 41.5 Å². The molecule has 0 radical (unpaired) electrons. The zero-order chi connectivity index (χ0) is 16.8. The summed E-state index contributed by atoms with van der Waals surface area (Å²) in [6, 6.07) is 6.09. The number of hydrogen-bond donors (Lipinski definition) is 1. The van der Waals surface area contributed by atoms with Crippen molar-refractivity contribution in [2.75, 3.05) is 12.8 Å². The molecule has 0 bridgehead atoms. The third kappa shape index (κ3) is 4.79. The minimum absolute atomic E-state index is 0.0198. The number of nitrogens with one attached hydrogen (secondary N) is 1. The van der Waals surface area contributed by atoms with Gasteiger partial charge in [0, 0.05) is 13.5 Å². The van der Waals surface area contributed by atoms with Gasteiger partial charge in [-0.1, -0.05) is 30.8 Å². The molecule has 0 aliphatic rings. The maximum Gasteiger partial charge on any atom is 0.233 e. The van der Waals surface area contributed by atoms with Gasteiger partial charge >= 0.3 is 0 Å². The van der Waals surface area contributed by atoms with Crippen molar-refractivity contribution in [2.24, 2.45) is 0 Å². The Hall–Kier alpha value is -1.89. The van der Waals surface area contributed by atoms with Crippen molar-refractivity contribution in [1.82, 2.24) is 20.1 Å². The van der Waals surface area contributed by atoms with E-state index in [9.17, 15) is 9.18 Å². The van der Waals surface area contributed by atoms with E-state index >= 15 is 0 Å². The fourth-order valence-electron chi connectivity index (χ4n) is 2.10. The lowest BCUT2D eigenvalue weighted by atomic mass is 10.1. The predicted octanol–water partition coefficient (Wildman–Crippen LogP) is 3.21. The van der Waals surface area contributed by atoms with E-state index < -0.39 is 0 Å². The highest BCUT2D eigenvalue weighted by atomic mass is 32.2. The first kappa shape index (κ1) is 17.5. The second-order valence-electron chi connectivity index (χ2n) is 5.34. The monoisotopic (exact) mass is 336 g/mol. The van der Waals surface area contributed by atoms with Crippen molar-refractivity contribution < 1.29 is 9.18 Å². The van der Waals surface area contributed by atoms with E-state index in [4.69, 9.17) is 0 Å². The third-order valence-electron chi connectivity index (χ3n) is 3.65. The van der Waals surface area contributed by atoms with Gasteiger partial charge in [0.2, 0.25) is 11.1 Å². The first-order chi connectivity index (χ1) is 11.0. The van der Waals surface area contributed by atoms with E-state index in [1.807, 2.05) is 6.92 Å². The number of aromatic amines is 1. The second-order valence-corrected chi connectivity index (χ2v) is 6.28. The van der Waals surface area contributed by atoms with Crippen LogP contribution in [0, 0.1) is 5.82 Å². The van der Waals surface area contributed by atoms with Gasteiger partial charge in [-0.2, -0.15) is 0 Å². The predicted molar refractivity (Wildman–Crippen MR) is 88.7 cm³/mol. The van der Waals surface area contributed by atoms with E-state index in [-0.39, 0.29) is 23.5 Å². The molecule has 1 unspecified atom stereocenters. The summed E-state index contributed by atoms with van der Waals surface area (Å²) >= 11 is 1.31. The maximum absolute atomic E-state index is 13.0. The molecule has 0 spiro atoms. The van der Waals surface area contributed by atoms with E-state index in [1.165, 1.54) is 23.9 Å². The summed E-state index contributed by atoms with van der Waals surface area (Å²) in [7, 11) is 1.75. The molecular formula is C16H21FN4OS. The van der Waals surface area contributed by atoms with Gasteiger partial charge in [0.15, 0.2) is 0 Å². The zero-order valence-electron chi connectivity index (χ0n) is 13.5. The van der Waals surface area contributed by atoms with Crippen LogP contribution in [0.4, 0.5) is 4.39 Å². The summed E-state index contributed by atoms with van der Waals surface area (Å²) in [5.41, 5.74) is 0.898. The number of carbonyl (C=O) groups is 1. The second kappa shape index (κ2) is 8.10. The smallest absolute Gasteiger partial charge is 0.233 e. The Labute approximate surface area is 139 Å². The number of amides is 1. The lowest BCUT2D eigenvalue weighted by Crippen LogP contribution is -2.31. The molecule has 1 N–H and O–H groups in total. The Morgan fingerprint density at radius 3 is 2.74 bits per heavy atom. The quantitative estimate of drug-likeness (QED) is 0.789. The average Bonchev–Trinajstić information content (AvgIpc) is 3.00. The molecule has 0 fully saturated rings. The molecule has 2 aromatic rings. The van der Waals surface area contributed by atoms with Crippen molar-refractivity contribution in [3.63, 3.8) is 0 Å². The Kier molecular flexibility index (Phi) is 6.15. The highest BCUT2D eigenvalue weighted by molar-refractivity contribution is 7.99. The third-order valence-corrected chi connectivity index (χ3v) is 4.48. The molecule has 1 heterocycles. The molecule has 0 saturated carbocycles. The van der Waals surface area contributed by atoms with Crippen LogP contribution in [-0.2, 0) is 11.2 Å². The number of aryl methyl sites for hydroxylation is 1. The molecule has 0 saturated heterocycles. The molecule has 1 amide bonds. The summed E-state index contributed by atoms with van der Waals surface area (Å²) in [6.45, 7) is 3.99. The molecule has 7 heteroatoms. The number of hydrogen-bond acceptors (Lipinski definition) is 4. The van der Waals surface area contributed by atoms with Gasteiger partial charge in [0.05, 0.1) is 11.8 Å². The minimum atomic E-state index is -0.280. The van der Waals surface area contributed by atoms with Crippen LogP contribution >= 0.6 is 11.8 Å². The molecule has 23 heavy (non-hydrogen) atoms. The summed E-state index contributed by atoms with van der Waals surface area (Å²) in [6.07, 6.45) is 1.85. The molecule has 0 aliphatic carbocycles. The van der Waals surface area contributed by atoms with Crippen molar-refractivity contribution in [1.29, 1.82) is 0 Å². The minimum Gasteiger partial charge on any atom is -0.338 e.